The minimum absolute atomic E-state index is 0.0144. The van der Waals surface area contributed by atoms with Gasteiger partial charge in [0.15, 0.2) is 5.78 Å². The Kier molecular flexibility index (Phi) is 24.3. The molecule has 0 aliphatic heterocycles. The summed E-state index contributed by atoms with van der Waals surface area (Å²) in [6.45, 7) is 5.61. The number of carbonyl (C=O) groups is 3. The van der Waals surface area contributed by atoms with E-state index < -0.39 is 35.8 Å². The number of aliphatic hydroxyl groups is 2. The van der Waals surface area contributed by atoms with E-state index in [-0.39, 0.29) is 18.1 Å². The molecule has 0 aliphatic carbocycles. The van der Waals surface area contributed by atoms with Gasteiger partial charge in [-0.15, -0.1) is 0 Å². The average Bonchev–Trinajstić information content (AvgIpc) is 3.07. The number of carbonyl (C=O) groups excluding carboxylic acids is 3. The number of nitrogens with one attached hydrogen (secondary N) is 2. The van der Waals surface area contributed by atoms with Crippen LogP contribution in [0.5, 0.6) is 0 Å². The van der Waals surface area contributed by atoms with Crippen LogP contribution in [0.3, 0.4) is 0 Å². The third-order valence-corrected chi connectivity index (χ3v) is 10.4. The Morgan fingerprint density at radius 3 is 2.06 bits per heavy atom. The second-order valence-electron chi connectivity index (χ2n) is 11.5. The van der Waals surface area contributed by atoms with Crippen molar-refractivity contribution in [2.75, 3.05) is 25.5 Å². The number of unbranched alkanes of at least 4 members (excludes halogenated alkanes) is 1. The number of ketones is 1. The Morgan fingerprint density at radius 2 is 1.51 bits per heavy atom. The van der Waals surface area contributed by atoms with Crippen LogP contribution in [0.25, 0.3) is 0 Å². The molecule has 260 valence electrons. The third-order valence-electron chi connectivity index (χ3n) is 7.03. The first-order valence-corrected chi connectivity index (χ1v) is 18.8. The number of rotatable bonds is 26. The summed E-state index contributed by atoms with van der Waals surface area (Å²) >= 11 is 0. The summed E-state index contributed by atoms with van der Waals surface area (Å²) in [5, 5.41) is 24.5. The van der Waals surface area contributed by atoms with E-state index in [0.29, 0.717) is 24.3 Å². The van der Waals surface area contributed by atoms with Crippen molar-refractivity contribution in [3.63, 3.8) is 0 Å². The quantitative estimate of drug-likeness (QED) is 0.0358. The van der Waals surface area contributed by atoms with Gasteiger partial charge in [-0.2, -0.15) is 0 Å². The van der Waals surface area contributed by atoms with Crippen LogP contribution in [0, 0.1) is 5.92 Å². The summed E-state index contributed by atoms with van der Waals surface area (Å²) < 4.78 is -0.659. The van der Waals surface area contributed by atoms with Crippen LogP contribution in [0.15, 0.2) is 85.3 Å². The molecule has 0 aliphatic rings. The molecule has 0 saturated carbocycles. The number of amides is 2. The number of aliphatic hydroxyl groups excluding tert-OH is 2. The van der Waals surface area contributed by atoms with E-state index in [0.717, 1.165) is 44.9 Å². The molecule has 0 aromatic carbocycles. The zero-order valence-corrected chi connectivity index (χ0v) is 29.9. The largest absolute Gasteiger partial charge is 0.394 e. The first-order chi connectivity index (χ1) is 22.7. The highest BCUT2D eigenvalue weighted by Crippen LogP contribution is 2.42. The minimum atomic E-state index is -0.803. The van der Waals surface area contributed by atoms with E-state index in [1.165, 1.54) is 27.8 Å². The predicted molar refractivity (Wildman–Crippen MR) is 198 cm³/mol. The maximum absolute atomic E-state index is 13.2. The highest BCUT2D eigenvalue weighted by Gasteiger charge is 2.38. The molecular weight excluding hydrogens is 631 g/mol. The van der Waals surface area contributed by atoms with Crippen molar-refractivity contribution < 1.29 is 24.6 Å². The summed E-state index contributed by atoms with van der Waals surface area (Å²) in [7, 11) is 3.00. The molecule has 0 unspecified atom stereocenters. The van der Waals surface area contributed by atoms with Crippen molar-refractivity contribution in [3.8, 4) is 0 Å². The van der Waals surface area contributed by atoms with E-state index in [4.69, 9.17) is 0 Å². The first kappa shape index (κ1) is 42.1. The van der Waals surface area contributed by atoms with Gasteiger partial charge in [0.2, 0.25) is 11.8 Å². The van der Waals surface area contributed by atoms with Gasteiger partial charge >= 0.3 is 0 Å². The van der Waals surface area contributed by atoms with E-state index in [1.807, 2.05) is 13.8 Å². The Bertz CT molecular complexity index is 1160. The zero-order chi connectivity index (χ0) is 34.6. The molecule has 0 bridgehead atoms. The fourth-order valence-corrected chi connectivity index (χ4v) is 6.90. The number of aromatic nitrogens is 1. The highest BCUT2D eigenvalue weighted by atomic mass is 33.1. The lowest BCUT2D eigenvalue weighted by molar-refractivity contribution is -0.127. The van der Waals surface area contributed by atoms with E-state index in [2.05, 4.69) is 83.3 Å². The molecule has 47 heavy (non-hydrogen) atoms. The molecule has 1 aromatic rings. The van der Waals surface area contributed by atoms with Crippen LogP contribution >= 0.6 is 21.6 Å². The molecule has 1 heterocycles. The Labute approximate surface area is 290 Å². The molecular formula is C37H55N3O5S2. The van der Waals surface area contributed by atoms with Gasteiger partial charge in [0.1, 0.15) is 0 Å². The number of nitrogens with zero attached hydrogens (tertiary/aromatic N) is 1. The molecule has 1 rings (SSSR count). The number of allylic oxidation sites excluding steroid dienone is 10. The third kappa shape index (κ3) is 20.8. The Hall–Kier alpha value is -2.92. The van der Waals surface area contributed by atoms with Gasteiger partial charge in [-0.25, -0.2) is 0 Å². The van der Waals surface area contributed by atoms with Gasteiger partial charge in [-0.1, -0.05) is 89.3 Å². The standard InChI is InChI=1S/C37H55N3O5S2/c1-4-5-6-7-8-9-10-11-12-13-14-15-16-17-18-19-20-23-35(44)39-25-26-46-47-37(2,3)33(36(45)40-32(29-41)30-42)27-34(43)31-22-21-24-38-28-31/h5-6,8-9,11-12,14-15,17-18,21-22,24,28,32-33,41-42H,4,7,10,13,16,19-20,23,25-27,29-30H2,1-3H3,(H,39,44)(H,40,45)/b6-5-,9-8-,12-11-,15-14-,18-17-/t33-/m1/s1. The summed E-state index contributed by atoms with van der Waals surface area (Å²) in [6.07, 6.45) is 31.7. The molecule has 10 heteroatoms. The summed E-state index contributed by atoms with van der Waals surface area (Å²) in [6, 6.07) is 2.53. The van der Waals surface area contributed by atoms with E-state index in [1.54, 1.807) is 18.3 Å². The van der Waals surface area contributed by atoms with Crippen LogP contribution in [0.2, 0.25) is 0 Å². The van der Waals surface area contributed by atoms with Crippen molar-refractivity contribution in [1.82, 2.24) is 15.6 Å². The van der Waals surface area contributed by atoms with Crippen LogP contribution in [0.4, 0.5) is 0 Å². The highest BCUT2D eigenvalue weighted by molar-refractivity contribution is 8.77. The molecule has 1 aromatic heterocycles. The van der Waals surface area contributed by atoms with Gasteiger partial charge in [-0.05, 0) is 70.9 Å². The van der Waals surface area contributed by atoms with Crippen LogP contribution in [0.1, 0.15) is 88.9 Å². The first-order valence-electron chi connectivity index (χ1n) is 16.5. The second kappa shape index (κ2) is 27.1. The van der Waals surface area contributed by atoms with E-state index in [9.17, 15) is 24.6 Å². The maximum atomic E-state index is 13.2. The van der Waals surface area contributed by atoms with Crippen molar-refractivity contribution in [3.05, 3.63) is 90.9 Å². The van der Waals surface area contributed by atoms with Crippen LogP contribution in [-0.2, 0) is 9.59 Å². The average molecular weight is 686 g/mol. The number of pyridine rings is 1. The van der Waals surface area contributed by atoms with Crippen molar-refractivity contribution in [2.45, 2.75) is 89.3 Å². The lowest BCUT2D eigenvalue weighted by Crippen LogP contribution is -2.48. The Balaban J connectivity index is 2.32. The second-order valence-corrected chi connectivity index (χ2v) is 14.5. The van der Waals surface area contributed by atoms with Crippen molar-refractivity contribution in [2.24, 2.45) is 5.92 Å². The normalized spacial score (nSPS) is 13.1. The number of hydrogen-bond donors (Lipinski definition) is 4. The lowest BCUT2D eigenvalue weighted by atomic mass is 9.87. The van der Waals surface area contributed by atoms with Crippen molar-refractivity contribution >= 4 is 39.2 Å². The zero-order valence-electron chi connectivity index (χ0n) is 28.3. The molecule has 2 amide bonds. The molecule has 4 N–H and O–H groups in total. The minimum Gasteiger partial charge on any atom is -0.394 e. The van der Waals surface area contributed by atoms with Crippen molar-refractivity contribution in [1.29, 1.82) is 0 Å². The van der Waals surface area contributed by atoms with Gasteiger partial charge in [-0.3, -0.25) is 19.4 Å². The predicted octanol–water partition coefficient (Wildman–Crippen LogP) is 6.94. The molecule has 0 radical (unpaired) electrons. The van der Waals surface area contributed by atoms with Gasteiger partial charge in [0.05, 0.1) is 25.2 Å². The maximum Gasteiger partial charge on any atom is 0.225 e. The molecule has 0 spiro atoms. The topological polar surface area (TPSA) is 129 Å². The lowest BCUT2D eigenvalue weighted by Gasteiger charge is -2.33. The summed E-state index contributed by atoms with van der Waals surface area (Å²) in [4.78, 5) is 42.4. The number of Topliss-reactive ketones (excluding diaryl/α,β-unsaturated/α-hetero) is 1. The SMILES string of the molecule is CC/C=C\C/C=C\C/C=C\C/C=C\C/C=C\CCCC(=O)NCCSSC(C)(C)[C@H](CC(=O)c1cccnc1)C(=O)NC(CO)CO. The fourth-order valence-electron chi connectivity index (χ4n) is 4.26. The molecule has 0 fully saturated rings. The van der Waals surface area contributed by atoms with Gasteiger partial charge in [0, 0.05) is 47.8 Å². The number of hydrogen-bond acceptors (Lipinski definition) is 8. The summed E-state index contributed by atoms with van der Waals surface area (Å²) in [5.74, 6) is -0.693. The van der Waals surface area contributed by atoms with Crippen LogP contribution in [-0.4, -0.2) is 69.1 Å². The Morgan fingerprint density at radius 1 is 0.915 bits per heavy atom. The molecule has 1 atom stereocenters. The molecule has 0 saturated heterocycles. The molecule has 8 nitrogen and oxygen atoms in total. The van der Waals surface area contributed by atoms with Gasteiger partial charge < -0.3 is 20.8 Å². The van der Waals surface area contributed by atoms with E-state index >= 15 is 0 Å². The summed E-state index contributed by atoms with van der Waals surface area (Å²) in [5.41, 5.74) is 0.420. The van der Waals surface area contributed by atoms with Crippen LogP contribution < -0.4 is 10.6 Å². The smallest absolute Gasteiger partial charge is 0.225 e. The fraction of sp³-hybridized carbons (Fsp3) is 0.514. The monoisotopic (exact) mass is 685 g/mol. The van der Waals surface area contributed by atoms with Gasteiger partial charge in [0.25, 0.3) is 0 Å².